The number of aliphatic carboxylic acids is 1. The maximum Gasteiger partial charge on any atom is 0.318 e. The Morgan fingerprint density at radius 2 is 1.53 bits per heavy atom. The van der Waals surface area contributed by atoms with Gasteiger partial charge in [-0.15, -0.1) is 0 Å². The van der Waals surface area contributed by atoms with Crippen LogP contribution in [0.3, 0.4) is 0 Å². The van der Waals surface area contributed by atoms with Crippen molar-refractivity contribution in [3.05, 3.63) is 35.8 Å². The number of nitrogens with one attached hydrogen (secondary N) is 2. The third kappa shape index (κ3) is 29.4. The lowest BCUT2D eigenvalue weighted by atomic mass is 10.1. The van der Waals surface area contributed by atoms with Crippen molar-refractivity contribution in [1.29, 1.82) is 0 Å². The maximum atomic E-state index is 12.2. The molecule has 1 aliphatic heterocycles. The highest BCUT2D eigenvalue weighted by Gasteiger charge is 2.30. The lowest BCUT2D eigenvalue weighted by Gasteiger charge is -2.14. The van der Waals surface area contributed by atoms with Gasteiger partial charge in [-0.1, -0.05) is 59.6 Å². The van der Waals surface area contributed by atoms with Gasteiger partial charge in [0.1, 0.15) is 17.3 Å². The molecular weight excluding hydrogens is 797 g/mol. The van der Waals surface area contributed by atoms with Crippen LogP contribution in [0.25, 0.3) is 0 Å². The standard InChI is InChI=1S/C15H25NO7S3.C9H19NO4S.C8H20N4.C2H6/c1-3-24(18,19)10-8-14(25(20,21)4-2)6-5-13(17)12-26(22,23)15-7-9-16-11-15;1-2-3-4-8(5-6-10)15(13,14)7-9(11)12;1-11-6-4-2-3-5-7-12-8(9)10;1-2/h3-5,14-17H,1-2,6-12H2;8H,2-7,10H2,1H3,(H,11,12);11H,2-7H2,1H3,(H4,9,10,12);1-2H3/b13-5-;;;. The van der Waals surface area contributed by atoms with Crippen LogP contribution in [0.15, 0.2) is 40.8 Å². The zero-order valence-electron chi connectivity index (χ0n) is 33.2. The van der Waals surface area contributed by atoms with E-state index in [1.807, 2.05) is 27.8 Å². The molecule has 0 saturated carbocycles. The van der Waals surface area contributed by atoms with Crippen molar-refractivity contribution in [2.24, 2.45) is 22.2 Å². The van der Waals surface area contributed by atoms with E-state index in [2.05, 4.69) is 28.8 Å². The average molecular weight is 867 g/mol. The minimum Gasteiger partial charge on any atom is -0.512 e. The lowest BCUT2D eigenvalue weighted by molar-refractivity contribution is -0.134. The second-order valence-electron chi connectivity index (χ2n) is 12.4. The number of carboxylic acids is 1. The van der Waals surface area contributed by atoms with E-state index in [-0.39, 0.29) is 25.3 Å². The van der Waals surface area contributed by atoms with E-state index in [0.29, 0.717) is 32.4 Å². The molecule has 3 atom stereocenters. The zero-order chi connectivity index (χ0) is 43.1. The summed E-state index contributed by atoms with van der Waals surface area (Å²) < 4.78 is 94.6. The van der Waals surface area contributed by atoms with Crippen molar-refractivity contribution >= 4 is 51.3 Å². The first kappa shape index (κ1) is 56.8. The third-order valence-corrected chi connectivity index (χ3v) is 15.4. The van der Waals surface area contributed by atoms with Gasteiger partial charge in [-0.3, -0.25) is 9.79 Å². The Bertz CT molecular complexity index is 1570. The SMILES string of the molecule is C=CS(=O)(=O)CCC(C/C=C(\O)CS(=O)(=O)C1CCNC1)S(=O)(=O)C=C.CC.CCCCC(CCN)S(=O)(=O)CC(=O)O.CNCCCCCCN=C(N)N. The number of aliphatic imine (C=N–C) groups is 1. The van der Waals surface area contributed by atoms with Gasteiger partial charge in [-0.25, -0.2) is 33.7 Å². The monoisotopic (exact) mass is 866 g/mol. The number of sulfone groups is 4. The smallest absolute Gasteiger partial charge is 0.318 e. The first-order chi connectivity index (χ1) is 25.6. The van der Waals surface area contributed by atoms with Gasteiger partial charge in [0.2, 0.25) is 0 Å². The number of nitrogens with two attached hydrogens (primary N) is 3. The number of unbranched alkanes of at least 4 members (excludes halogenated alkanes) is 4. The van der Waals surface area contributed by atoms with Crippen LogP contribution in [0.1, 0.15) is 91.4 Å². The summed E-state index contributed by atoms with van der Waals surface area (Å²) in [5, 5.41) is 23.6. The predicted octanol–water partition coefficient (Wildman–Crippen LogP) is 1.93. The summed E-state index contributed by atoms with van der Waals surface area (Å²) in [5.74, 6) is -3.34. The average Bonchev–Trinajstić information content (AvgIpc) is 3.67. The number of guanidine groups is 1. The van der Waals surface area contributed by atoms with E-state index >= 15 is 0 Å². The first-order valence-electron chi connectivity index (χ1n) is 18.5. The Morgan fingerprint density at radius 3 is 2.00 bits per heavy atom. The highest BCUT2D eigenvalue weighted by molar-refractivity contribution is 7.95. The number of rotatable bonds is 26. The maximum absolute atomic E-state index is 12.2. The predicted molar refractivity (Wildman–Crippen MR) is 225 cm³/mol. The van der Waals surface area contributed by atoms with Gasteiger partial charge in [0.05, 0.1) is 21.5 Å². The summed E-state index contributed by atoms with van der Waals surface area (Å²) in [4.78, 5) is 14.3. The summed E-state index contributed by atoms with van der Waals surface area (Å²) in [6.07, 6.45) is 8.44. The molecule has 1 heterocycles. The quantitative estimate of drug-likeness (QED) is 0.0283. The van der Waals surface area contributed by atoms with Gasteiger partial charge in [-0.2, -0.15) is 0 Å². The number of carbonyl (C=O) groups is 1. The van der Waals surface area contributed by atoms with Crippen LogP contribution in [0, 0.1) is 0 Å². The fourth-order valence-electron chi connectivity index (χ4n) is 4.90. The van der Waals surface area contributed by atoms with Gasteiger partial charge in [0.15, 0.2) is 45.3 Å². The molecule has 1 saturated heterocycles. The highest BCUT2D eigenvalue weighted by Crippen LogP contribution is 2.18. The molecule has 0 aromatic rings. The van der Waals surface area contributed by atoms with Crippen LogP contribution < -0.4 is 27.8 Å². The number of hydrogen-bond acceptors (Lipinski definition) is 14. The fourth-order valence-corrected chi connectivity index (χ4v) is 10.1. The lowest BCUT2D eigenvalue weighted by Crippen LogP contribution is -2.30. The van der Waals surface area contributed by atoms with Crippen LogP contribution in [0.2, 0.25) is 0 Å². The molecule has 326 valence electrons. The minimum absolute atomic E-state index is 0.199. The van der Waals surface area contributed by atoms with Crippen LogP contribution >= 0.6 is 0 Å². The van der Waals surface area contributed by atoms with E-state index in [4.69, 9.17) is 22.3 Å². The van der Waals surface area contributed by atoms with Gasteiger partial charge < -0.3 is 38.0 Å². The van der Waals surface area contributed by atoms with E-state index in [1.54, 1.807) is 0 Å². The molecule has 55 heavy (non-hydrogen) atoms. The van der Waals surface area contributed by atoms with E-state index in [0.717, 1.165) is 49.2 Å². The minimum atomic E-state index is -3.80. The van der Waals surface area contributed by atoms with E-state index in [1.165, 1.54) is 19.3 Å². The normalized spacial score (nSPS) is 15.7. The molecule has 1 rings (SSSR count). The molecular formula is C34H70N6O11S4. The highest BCUT2D eigenvalue weighted by atomic mass is 32.2. The molecule has 1 aliphatic rings. The Morgan fingerprint density at radius 1 is 0.909 bits per heavy atom. The molecule has 0 aromatic carbocycles. The molecule has 0 aromatic heterocycles. The largest absolute Gasteiger partial charge is 0.512 e. The number of nitrogens with zero attached hydrogens (tertiary/aromatic N) is 1. The molecule has 21 heteroatoms. The summed E-state index contributed by atoms with van der Waals surface area (Å²) in [5.41, 5.74) is 15.7. The molecule has 0 amide bonds. The number of allylic oxidation sites excluding steroid dienone is 1. The molecule has 10 N–H and O–H groups in total. The molecule has 1 fully saturated rings. The number of aliphatic hydroxyl groups is 1. The summed E-state index contributed by atoms with van der Waals surface area (Å²) in [6.45, 7) is 15.4. The van der Waals surface area contributed by atoms with Crippen LogP contribution in [0.4, 0.5) is 0 Å². The van der Waals surface area contributed by atoms with Crippen molar-refractivity contribution < 1.29 is 48.7 Å². The molecule has 0 spiro atoms. The third-order valence-electron chi connectivity index (χ3n) is 7.99. The van der Waals surface area contributed by atoms with Crippen molar-refractivity contribution in [3.63, 3.8) is 0 Å². The van der Waals surface area contributed by atoms with Crippen molar-refractivity contribution in [1.82, 2.24) is 10.6 Å². The van der Waals surface area contributed by atoms with Gasteiger partial charge >= 0.3 is 5.97 Å². The summed E-state index contributed by atoms with van der Waals surface area (Å²) >= 11 is 0. The van der Waals surface area contributed by atoms with Crippen LogP contribution in [0.5, 0.6) is 0 Å². The number of aliphatic hydroxyl groups excluding tert-OH is 1. The first-order valence-corrected chi connectivity index (χ1v) is 25.2. The Kier molecular flexibility index (Phi) is 32.5. The Balaban J connectivity index is -0.000000791. The van der Waals surface area contributed by atoms with Gasteiger partial charge in [-0.05, 0) is 77.7 Å². The van der Waals surface area contributed by atoms with Crippen molar-refractivity contribution in [3.8, 4) is 0 Å². The molecule has 0 aliphatic carbocycles. The molecule has 0 radical (unpaired) electrons. The van der Waals surface area contributed by atoms with E-state index < -0.39 is 84.1 Å². The second kappa shape index (κ2) is 31.5. The van der Waals surface area contributed by atoms with Crippen molar-refractivity contribution in [2.45, 2.75) is 107 Å². The topological polar surface area (TPSA) is 309 Å². The number of carboxylic acid groups (broad SMARTS) is 1. The molecule has 0 bridgehead atoms. The Labute approximate surface area is 331 Å². The summed E-state index contributed by atoms with van der Waals surface area (Å²) in [7, 11) is -12.5. The summed E-state index contributed by atoms with van der Waals surface area (Å²) in [6, 6.07) is 0. The van der Waals surface area contributed by atoms with Crippen LogP contribution in [-0.2, 0) is 44.1 Å². The van der Waals surface area contributed by atoms with Gasteiger partial charge in [0.25, 0.3) is 0 Å². The van der Waals surface area contributed by atoms with Crippen molar-refractivity contribution in [2.75, 3.05) is 57.0 Å². The second-order valence-corrected chi connectivity index (χ2v) is 21.2. The Hall–Kier alpha value is -2.56. The molecule has 3 unspecified atom stereocenters. The zero-order valence-corrected chi connectivity index (χ0v) is 36.5. The van der Waals surface area contributed by atoms with E-state index in [9.17, 15) is 43.6 Å². The number of hydrogen-bond donors (Lipinski definition) is 7. The molecule has 17 nitrogen and oxygen atoms in total. The van der Waals surface area contributed by atoms with Gasteiger partial charge in [0, 0.05) is 23.9 Å². The fraction of sp³-hybridized carbons (Fsp3) is 0.765. The van der Waals surface area contributed by atoms with Crippen LogP contribution in [-0.4, -0.2) is 129 Å².